The molecule has 4 rings (SSSR count). The first kappa shape index (κ1) is 33.8. The number of nitrogens with zero attached hydrogens (tertiary/aromatic N) is 1. The number of carbonyl (C=O) groups excluding carboxylic acids is 2. The van der Waals surface area contributed by atoms with Crippen LogP contribution in [0.5, 0.6) is 5.75 Å². The van der Waals surface area contributed by atoms with Crippen molar-refractivity contribution in [2.24, 2.45) is 17.3 Å². The largest absolute Gasteiger partial charge is 0.546 e. The van der Waals surface area contributed by atoms with Crippen LogP contribution < -0.4 is 4.74 Å². The Morgan fingerprint density at radius 3 is 2.23 bits per heavy atom. The fraction of sp³-hybridized carbons (Fsp3) is 0.556. The molecule has 44 heavy (non-hydrogen) atoms. The maximum Gasteiger partial charge on any atom is 0.416 e. The molecule has 0 bridgehead atoms. The van der Waals surface area contributed by atoms with Gasteiger partial charge in [-0.25, -0.2) is 9.69 Å². The zero-order valence-electron chi connectivity index (χ0n) is 28.1. The van der Waals surface area contributed by atoms with Gasteiger partial charge in [0.2, 0.25) is 14.2 Å². The minimum absolute atomic E-state index is 0.0241. The van der Waals surface area contributed by atoms with Gasteiger partial charge in [0.05, 0.1) is 31.0 Å². The molecule has 1 heterocycles. The van der Waals surface area contributed by atoms with E-state index in [4.69, 9.17) is 18.6 Å². The number of hydrogen-bond acceptors (Lipinski definition) is 6. The van der Waals surface area contributed by atoms with E-state index in [0.29, 0.717) is 32.4 Å². The summed E-state index contributed by atoms with van der Waals surface area (Å²) in [5, 5.41) is 0.0241. The molecule has 0 saturated carbocycles. The number of allylic oxidation sites excluding steroid dienone is 1. The molecule has 2 aromatic rings. The summed E-state index contributed by atoms with van der Waals surface area (Å²) in [7, 11) is -0.500. The lowest BCUT2D eigenvalue weighted by Crippen LogP contribution is -2.54. The molecule has 2 aliphatic rings. The Kier molecular flexibility index (Phi) is 10.4. The molecular formula is C36H51NO6Si. The lowest BCUT2D eigenvalue weighted by atomic mass is 9.65. The molecule has 8 heteroatoms. The van der Waals surface area contributed by atoms with E-state index < -0.39 is 25.9 Å². The summed E-state index contributed by atoms with van der Waals surface area (Å²) in [5.41, 5.74) is 1.88. The van der Waals surface area contributed by atoms with Gasteiger partial charge in [0.15, 0.2) is 0 Å². The Bertz CT molecular complexity index is 1330. The average Bonchev–Trinajstić information content (AvgIpc) is 3.08. The van der Waals surface area contributed by atoms with Gasteiger partial charge in [-0.15, -0.1) is 0 Å². The molecule has 1 fully saturated rings. The fourth-order valence-electron chi connectivity index (χ4n) is 6.07. The summed E-state index contributed by atoms with van der Waals surface area (Å²) in [4.78, 5) is 29.7. The number of benzene rings is 2. The lowest BCUT2D eigenvalue weighted by molar-refractivity contribution is -0.152. The standard InChI is InChI=1S/C36H51NO6Si/c1-25-21-36(33(38)37(22-26(25)2)34(39)42-24-28-13-11-10-12-14-28)20-19-31(43-44(8,9)35(4,5)6)27(3)32(36)41-23-29-15-17-30(40-7)18-16-29/h10-18,25-26,32H,19-24H2,1-9H3/t25-,26-,32?,36?/m0/s1. The van der Waals surface area contributed by atoms with E-state index in [-0.39, 0.29) is 29.4 Å². The minimum atomic E-state index is -2.14. The quantitative estimate of drug-likeness (QED) is 0.275. The minimum Gasteiger partial charge on any atom is -0.546 e. The smallest absolute Gasteiger partial charge is 0.416 e. The summed E-state index contributed by atoms with van der Waals surface area (Å²) in [6.07, 6.45) is 0.634. The second kappa shape index (κ2) is 13.5. The Morgan fingerprint density at radius 2 is 1.61 bits per heavy atom. The van der Waals surface area contributed by atoms with Gasteiger partial charge in [0.25, 0.3) is 0 Å². The van der Waals surface area contributed by atoms with E-state index in [1.807, 2.05) is 61.5 Å². The second-order valence-corrected chi connectivity index (χ2v) is 19.0. The normalized spacial score (nSPS) is 24.7. The van der Waals surface area contributed by atoms with Crippen molar-refractivity contribution in [2.75, 3.05) is 13.7 Å². The zero-order chi connectivity index (χ0) is 32.3. The van der Waals surface area contributed by atoms with E-state index in [1.54, 1.807) is 7.11 Å². The Morgan fingerprint density at radius 1 is 0.977 bits per heavy atom. The van der Waals surface area contributed by atoms with Gasteiger partial charge in [-0.1, -0.05) is 77.1 Å². The molecule has 1 aliphatic carbocycles. The van der Waals surface area contributed by atoms with Gasteiger partial charge in [0, 0.05) is 13.0 Å². The van der Waals surface area contributed by atoms with Crippen molar-refractivity contribution in [1.82, 2.24) is 4.90 Å². The molecule has 4 atom stereocenters. The summed E-state index contributed by atoms with van der Waals surface area (Å²) < 4.78 is 24.7. The highest BCUT2D eigenvalue weighted by molar-refractivity contribution is 6.74. The lowest BCUT2D eigenvalue weighted by Gasteiger charge is -2.47. The summed E-state index contributed by atoms with van der Waals surface area (Å²) >= 11 is 0. The van der Waals surface area contributed by atoms with Gasteiger partial charge in [-0.2, -0.15) is 0 Å². The molecule has 7 nitrogen and oxygen atoms in total. The van der Waals surface area contributed by atoms with Crippen LogP contribution in [0.3, 0.4) is 0 Å². The first-order chi connectivity index (χ1) is 20.7. The fourth-order valence-corrected chi connectivity index (χ4v) is 7.25. The number of methoxy groups -OCH3 is 1. The highest BCUT2D eigenvalue weighted by Crippen LogP contribution is 2.51. The van der Waals surface area contributed by atoms with E-state index >= 15 is 0 Å². The third-order valence-electron chi connectivity index (χ3n) is 10.1. The first-order valence-corrected chi connectivity index (χ1v) is 18.7. The summed E-state index contributed by atoms with van der Waals surface area (Å²) in [6.45, 7) is 18.3. The molecule has 0 N–H and O–H groups in total. The molecule has 0 aromatic heterocycles. The van der Waals surface area contributed by atoms with Crippen molar-refractivity contribution in [3.8, 4) is 5.75 Å². The predicted molar refractivity (Wildman–Crippen MR) is 176 cm³/mol. The molecule has 1 spiro atoms. The third-order valence-corrected chi connectivity index (χ3v) is 14.5. The topological polar surface area (TPSA) is 74.3 Å². The first-order valence-electron chi connectivity index (χ1n) is 15.8. The Hall–Kier alpha value is -3.10. The molecule has 2 amide bonds. The van der Waals surface area contributed by atoms with E-state index in [2.05, 4.69) is 47.7 Å². The van der Waals surface area contributed by atoms with Gasteiger partial charge in [-0.05, 0) is 78.6 Å². The Balaban J connectivity index is 1.71. The van der Waals surface area contributed by atoms with Gasteiger partial charge in [0.1, 0.15) is 12.4 Å². The molecule has 2 unspecified atom stereocenters. The van der Waals surface area contributed by atoms with Crippen LogP contribution in [0.1, 0.15) is 71.9 Å². The van der Waals surface area contributed by atoms with Gasteiger partial charge in [-0.3, -0.25) is 4.79 Å². The molecule has 1 aliphatic heterocycles. The van der Waals surface area contributed by atoms with E-state index in [1.165, 1.54) is 4.90 Å². The van der Waals surface area contributed by atoms with Crippen LogP contribution in [0.25, 0.3) is 0 Å². The highest BCUT2D eigenvalue weighted by Gasteiger charge is 2.56. The number of rotatable bonds is 8. The van der Waals surface area contributed by atoms with Crippen LogP contribution in [0, 0.1) is 17.3 Å². The van der Waals surface area contributed by atoms with Crippen LogP contribution in [0.2, 0.25) is 18.1 Å². The van der Waals surface area contributed by atoms with Crippen molar-refractivity contribution in [3.63, 3.8) is 0 Å². The van der Waals surface area contributed by atoms with Crippen LogP contribution in [-0.4, -0.2) is 45.0 Å². The van der Waals surface area contributed by atoms with Crippen LogP contribution in [-0.2, 0) is 31.9 Å². The maximum absolute atomic E-state index is 14.7. The molecule has 240 valence electrons. The third kappa shape index (κ3) is 7.23. The monoisotopic (exact) mass is 621 g/mol. The van der Waals surface area contributed by atoms with Crippen molar-refractivity contribution < 1.29 is 28.2 Å². The molecule has 2 aromatic carbocycles. The molecule has 1 saturated heterocycles. The van der Waals surface area contributed by atoms with Crippen molar-refractivity contribution in [3.05, 3.63) is 77.1 Å². The Labute approximate surface area is 265 Å². The average molecular weight is 622 g/mol. The van der Waals surface area contributed by atoms with Crippen molar-refractivity contribution in [2.45, 2.75) is 98.3 Å². The predicted octanol–water partition coefficient (Wildman–Crippen LogP) is 8.50. The summed E-state index contributed by atoms with van der Waals surface area (Å²) in [5.74, 6) is 1.79. The van der Waals surface area contributed by atoms with Gasteiger partial charge < -0.3 is 18.6 Å². The van der Waals surface area contributed by atoms with Crippen LogP contribution in [0.4, 0.5) is 4.79 Å². The van der Waals surface area contributed by atoms with Crippen molar-refractivity contribution in [1.29, 1.82) is 0 Å². The number of hydrogen-bond donors (Lipinski definition) is 0. The van der Waals surface area contributed by atoms with Crippen LogP contribution >= 0.6 is 0 Å². The maximum atomic E-state index is 14.7. The number of amides is 2. The number of ether oxygens (including phenoxy) is 3. The van der Waals surface area contributed by atoms with Gasteiger partial charge >= 0.3 is 6.09 Å². The SMILES string of the molecule is COc1ccc(COC2C(C)=C(O[Si](C)(C)C(C)(C)C)CCC23C[C@H](C)[C@@H](C)CN(C(=O)OCc2ccccc2)C3=O)cc1. The summed E-state index contributed by atoms with van der Waals surface area (Å²) in [6, 6.07) is 17.3. The van der Waals surface area contributed by atoms with E-state index in [9.17, 15) is 9.59 Å². The highest BCUT2D eigenvalue weighted by atomic mass is 28.4. The number of carbonyl (C=O) groups is 2. The number of likely N-dealkylation sites (tertiary alicyclic amines) is 1. The molecular weight excluding hydrogens is 570 g/mol. The van der Waals surface area contributed by atoms with E-state index in [0.717, 1.165) is 28.2 Å². The van der Waals surface area contributed by atoms with Crippen molar-refractivity contribution >= 4 is 20.3 Å². The van der Waals surface area contributed by atoms with Crippen LogP contribution in [0.15, 0.2) is 65.9 Å². The second-order valence-electron chi connectivity index (χ2n) is 14.3. The zero-order valence-corrected chi connectivity index (χ0v) is 29.1. The number of imide groups is 1. The molecule has 0 radical (unpaired) electrons.